The third kappa shape index (κ3) is 4.16. The van der Waals surface area contributed by atoms with Crippen LogP contribution in [0, 0.1) is 0 Å². The highest BCUT2D eigenvalue weighted by molar-refractivity contribution is 6.09. The number of amides is 1. The standard InChI is InChI=1S/C25H28N4O4/c1-3-5-13-29-23(26)22(24(31)27-25(29)32)28(12-4-2)20(30)14-17-15-33-19-11-10-16-8-6-7-9-18(16)21(17)19/h6-11,15H,3-5,12-14,26H2,1-2H3,(H,27,31,32). The molecule has 0 saturated carbocycles. The third-order valence-corrected chi connectivity index (χ3v) is 5.85. The highest BCUT2D eigenvalue weighted by Gasteiger charge is 2.25. The lowest BCUT2D eigenvalue weighted by Gasteiger charge is -2.24. The highest BCUT2D eigenvalue weighted by Crippen LogP contribution is 2.31. The van der Waals surface area contributed by atoms with Gasteiger partial charge in [0.1, 0.15) is 11.4 Å². The van der Waals surface area contributed by atoms with Crippen LogP contribution in [0.25, 0.3) is 21.7 Å². The van der Waals surface area contributed by atoms with Crippen LogP contribution in [0.1, 0.15) is 38.7 Å². The number of furan rings is 1. The molecule has 0 atom stereocenters. The van der Waals surface area contributed by atoms with Crippen molar-refractivity contribution in [3.05, 3.63) is 69.1 Å². The van der Waals surface area contributed by atoms with Gasteiger partial charge in [-0.15, -0.1) is 0 Å². The van der Waals surface area contributed by atoms with Gasteiger partial charge in [-0.2, -0.15) is 0 Å². The molecule has 0 unspecified atom stereocenters. The Morgan fingerprint density at radius 1 is 1.12 bits per heavy atom. The number of hydrogen-bond acceptors (Lipinski definition) is 5. The number of benzene rings is 2. The van der Waals surface area contributed by atoms with E-state index in [2.05, 4.69) is 4.98 Å². The van der Waals surface area contributed by atoms with Crippen molar-refractivity contribution >= 4 is 39.2 Å². The quantitative estimate of drug-likeness (QED) is 0.425. The first kappa shape index (κ1) is 22.4. The van der Waals surface area contributed by atoms with Gasteiger partial charge in [-0.3, -0.25) is 19.1 Å². The topological polar surface area (TPSA) is 114 Å². The summed E-state index contributed by atoms with van der Waals surface area (Å²) in [7, 11) is 0. The molecule has 0 fully saturated rings. The molecule has 33 heavy (non-hydrogen) atoms. The van der Waals surface area contributed by atoms with Crippen molar-refractivity contribution in [2.75, 3.05) is 17.2 Å². The number of aromatic nitrogens is 2. The fourth-order valence-corrected chi connectivity index (χ4v) is 4.22. The molecule has 1 amide bonds. The Hall–Kier alpha value is -3.81. The molecule has 0 spiro atoms. The van der Waals surface area contributed by atoms with Crippen LogP contribution in [0.5, 0.6) is 0 Å². The molecule has 4 aromatic rings. The second kappa shape index (κ2) is 9.36. The number of unbranched alkanes of at least 4 members (excludes halogenated alkanes) is 1. The fourth-order valence-electron chi connectivity index (χ4n) is 4.22. The molecule has 2 aromatic carbocycles. The monoisotopic (exact) mass is 448 g/mol. The molecule has 8 heteroatoms. The smallest absolute Gasteiger partial charge is 0.330 e. The minimum atomic E-state index is -0.658. The SMILES string of the molecule is CCCCn1c(N)c(N(CCC)C(=O)Cc2coc3ccc4ccccc4c23)c(=O)[nH]c1=O. The van der Waals surface area contributed by atoms with Gasteiger partial charge in [0.05, 0.1) is 12.7 Å². The number of nitrogens with zero attached hydrogens (tertiary/aromatic N) is 2. The molecule has 0 aliphatic heterocycles. The van der Waals surface area contributed by atoms with E-state index in [-0.39, 0.29) is 23.8 Å². The normalized spacial score (nSPS) is 11.3. The fraction of sp³-hybridized carbons (Fsp3) is 0.320. The summed E-state index contributed by atoms with van der Waals surface area (Å²) in [5.41, 5.74) is 6.50. The lowest BCUT2D eigenvalue weighted by molar-refractivity contribution is -0.118. The van der Waals surface area contributed by atoms with Gasteiger partial charge in [0, 0.05) is 24.0 Å². The van der Waals surface area contributed by atoms with Gasteiger partial charge in [-0.25, -0.2) is 4.79 Å². The number of nitrogens with one attached hydrogen (secondary N) is 1. The van der Waals surface area contributed by atoms with E-state index < -0.39 is 11.2 Å². The van der Waals surface area contributed by atoms with E-state index in [0.29, 0.717) is 25.1 Å². The maximum absolute atomic E-state index is 13.5. The second-order valence-corrected chi connectivity index (χ2v) is 8.14. The van der Waals surface area contributed by atoms with Crippen LogP contribution in [0.4, 0.5) is 11.5 Å². The van der Waals surface area contributed by atoms with Crippen LogP contribution in [-0.2, 0) is 17.8 Å². The Labute approximate surface area is 190 Å². The summed E-state index contributed by atoms with van der Waals surface area (Å²) in [6.07, 6.45) is 3.83. The molecule has 0 aliphatic carbocycles. The van der Waals surface area contributed by atoms with Crippen molar-refractivity contribution in [1.29, 1.82) is 0 Å². The number of nitrogens with two attached hydrogens (primary N) is 1. The number of hydrogen-bond donors (Lipinski definition) is 2. The minimum Gasteiger partial charge on any atom is -0.464 e. The predicted octanol–water partition coefficient (Wildman–Crippen LogP) is 3.80. The van der Waals surface area contributed by atoms with Gasteiger partial charge >= 0.3 is 5.69 Å². The number of H-pyrrole nitrogens is 1. The highest BCUT2D eigenvalue weighted by atomic mass is 16.3. The van der Waals surface area contributed by atoms with Gasteiger partial charge < -0.3 is 15.1 Å². The zero-order valence-corrected chi connectivity index (χ0v) is 18.9. The van der Waals surface area contributed by atoms with Crippen LogP contribution in [0.2, 0.25) is 0 Å². The average molecular weight is 449 g/mol. The number of carbonyl (C=O) groups excluding carboxylic acids is 1. The van der Waals surface area contributed by atoms with Crippen LogP contribution in [0.15, 0.2) is 56.7 Å². The predicted molar refractivity (Wildman–Crippen MR) is 131 cm³/mol. The first-order chi connectivity index (χ1) is 16.0. The zero-order valence-electron chi connectivity index (χ0n) is 18.9. The van der Waals surface area contributed by atoms with Crippen LogP contribution < -0.4 is 21.9 Å². The maximum Gasteiger partial charge on any atom is 0.330 e. The van der Waals surface area contributed by atoms with Crippen molar-refractivity contribution < 1.29 is 9.21 Å². The summed E-state index contributed by atoms with van der Waals surface area (Å²) in [6, 6.07) is 11.8. The molecule has 4 rings (SSSR count). The summed E-state index contributed by atoms with van der Waals surface area (Å²) >= 11 is 0. The van der Waals surface area contributed by atoms with E-state index >= 15 is 0 Å². The molecular weight excluding hydrogens is 420 g/mol. The molecule has 172 valence electrons. The van der Waals surface area contributed by atoms with Crippen molar-refractivity contribution in [2.45, 2.75) is 46.1 Å². The number of carbonyl (C=O) groups is 1. The van der Waals surface area contributed by atoms with Gasteiger partial charge in [0.25, 0.3) is 5.56 Å². The summed E-state index contributed by atoms with van der Waals surface area (Å²) in [6.45, 7) is 4.59. The molecule has 0 bridgehead atoms. The van der Waals surface area contributed by atoms with Gasteiger partial charge in [-0.1, -0.05) is 50.6 Å². The first-order valence-corrected chi connectivity index (χ1v) is 11.3. The molecule has 0 aliphatic rings. The Bertz CT molecular complexity index is 1430. The van der Waals surface area contributed by atoms with E-state index in [1.54, 1.807) is 6.26 Å². The minimum absolute atomic E-state index is 0.0153. The molecule has 2 aromatic heterocycles. The Balaban J connectivity index is 1.76. The summed E-state index contributed by atoms with van der Waals surface area (Å²) in [5.74, 6) is -0.271. The average Bonchev–Trinajstić information content (AvgIpc) is 3.21. The van der Waals surface area contributed by atoms with E-state index in [1.165, 1.54) is 9.47 Å². The van der Waals surface area contributed by atoms with Crippen molar-refractivity contribution in [2.24, 2.45) is 0 Å². The molecule has 0 saturated heterocycles. The molecular formula is C25H28N4O4. The van der Waals surface area contributed by atoms with Crippen molar-refractivity contribution in [1.82, 2.24) is 9.55 Å². The van der Waals surface area contributed by atoms with E-state index in [0.717, 1.165) is 34.6 Å². The lowest BCUT2D eigenvalue weighted by Crippen LogP contribution is -2.42. The summed E-state index contributed by atoms with van der Waals surface area (Å²) in [4.78, 5) is 42.2. The molecule has 8 nitrogen and oxygen atoms in total. The Morgan fingerprint density at radius 3 is 2.67 bits per heavy atom. The number of anilines is 2. The van der Waals surface area contributed by atoms with E-state index in [4.69, 9.17) is 10.2 Å². The largest absolute Gasteiger partial charge is 0.464 e. The number of nitrogen functional groups attached to an aromatic ring is 1. The van der Waals surface area contributed by atoms with Crippen LogP contribution >= 0.6 is 0 Å². The maximum atomic E-state index is 13.5. The van der Waals surface area contributed by atoms with E-state index in [1.807, 2.05) is 50.2 Å². The van der Waals surface area contributed by atoms with E-state index in [9.17, 15) is 14.4 Å². The molecule has 3 N–H and O–H groups in total. The van der Waals surface area contributed by atoms with Crippen molar-refractivity contribution in [3.63, 3.8) is 0 Å². The number of rotatable bonds is 8. The van der Waals surface area contributed by atoms with Gasteiger partial charge in [-0.05, 0) is 29.7 Å². The Kier molecular flexibility index (Phi) is 6.35. The zero-order chi connectivity index (χ0) is 23.5. The first-order valence-electron chi connectivity index (χ1n) is 11.3. The summed E-state index contributed by atoms with van der Waals surface area (Å²) < 4.78 is 7.05. The third-order valence-electron chi connectivity index (χ3n) is 5.85. The number of fused-ring (bicyclic) bond motifs is 3. The lowest BCUT2D eigenvalue weighted by atomic mass is 10.0. The van der Waals surface area contributed by atoms with Crippen LogP contribution in [-0.4, -0.2) is 22.0 Å². The van der Waals surface area contributed by atoms with Gasteiger partial charge in [0.2, 0.25) is 5.91 Å². The van der Waals surface area contributed by atoms with Crippen molar-refractivity contribution in [3.8, 4) is 0 Å². The molecule has 0 radical (unpaired) electrons. The van der Waals surface area contributed by atoms with Gasteiger partial charge in [0.15, 0.2) is 5.69 Å². The van der Waals surface area contributed by atoms with Crippen LogP contribution in [0.3, 0.4) is 0 Å². The Morgan fingerprint density at radius 2 is 1.91 bits per heavy atom. The number of aromatic amines is 1. The molecule has 2 heterocycles. The second-order valence-electron chi connectivity index (χ2n) is 8.14. The summed E-state index contributed by atoms with van der Waals surface area (Å²) in [5, 5.41) is 2.93.